The number of carboxylic acids is 1. The van der Waals surface area contributed by atoms with Crippen molar-refractivity contribution >= 4 is 22.7 Å². The van der Waals surface area contributed by atoms with Crippen LogP contribution in [0.15, 0.2) is 24.3 Å². The molecule has 0 radical (unpaired) electrons. The van der Waals surface area contributed by atoms with E-state index in [1.807, 2.05) is 43.3 Å². The fourth-order valence-electron chi connectivity index (χ4n) is 1.90. The van der Waals surface area contributed by atoms with Gasteiger partial charge in [-0.25, -0.2) is 9.97 Å². The number of carbonyl (C=O) groups is 1. The largest absolute Gasteiger partial charge is 0.481 e. The van der Waals surface area contributed by atoms with Crippen molar-refractivity contribution in [2.45, 2.75) is 13.0 Å². The van der Waals surface area contributed by atoms with Gasteiger partial charge in [0.2, 0.25) is 0 Å². The van der Waals surface area contributed by atoms with E-state index in [1.54, 1.807) is 0 Å². The maximum atomic E-state index is 10.6. The average molecular weight is 274 g/mol. The van der Waals surface area contributed by atoms with Gasteiger partial charge < -0.3 is 15.3 Å². The third-order valence-corrected chi connectivity index (χ3v) is 2.74. The lowest BCUT2D eigenvalue weighted by Gasteiger charge is -2.12. The van der Waals surface area contributed by atoms with Crippen LogP contribution in [0, 0.1) is 0 Å². The number of hydrogen-bond acceptors (Lipinski definition) is 5. The molecule has 1 aromatic heterocycles. The Labute approximate surface area is 117 Å². The van der Waals surface area contributed by atoms with Gasteiger partial charge in [0.25, 0.3) is 0 Å². The van der Waals surface area contributed by atoms with E-state index in [2.05, 4.69) is 15.3 Å². The van der Waals surface area contributed by atoms with Gasteiger partial charge in [-0.2, -0.15) is 0 Å². The number of nitrogens with one attached hydrogen (secondary N) is 1. The van der Waals surface area contributed by atoms with Gasteiger partial charge in [0.05, 0.1) is 18.5 Å². The van der Waals surface area contributed by atoms with Crippen LogP contribution in [0.4, 0.5) is 5.82 Å². The predicted octanol–water partition coefficient (Wildman–Crippen LogP) is 1.58. The van der Waals surface area contributed by atoms with Crippen LogP contribution >= 0.6 is 0 Å². The molecule has 2 aromatic rings. The smallest absolute Gasteiger partial charge is 0.305 e. The number of benzene rings is 1. The molecule has 0 fully saturated rings. The minimum Gasteiger partial charge on any atom is -0.481 e. The summed E-state index contributed by atoms with van der Waals surface area (Å²) in [6, 6.07) is 7.70. The van der Waals surface area contributed by atoms with Gasteiger partial charge in [-0.1, -0.05) is 12.1 Å². The lowest BCUT2D eigenvalue weighted by Crippen LogP contribution is -2.15. The second-order valence-electron chi connectivity index (χ2n) is 4.81. The molecule has 6 nitrogen and oxygen atoms in total. The number of nitrogens with zero attached hydrogens (tertiary/aromatic N) is 3. The summed E-state index contributed by atoms with van der Waals surface area (Å²) >= 11 is 0. The highest BCUT2D eigenvalue weighted by Crippen LogP contribution is 2.20. The second kappa shape index (κ2) is 6.29. The highest BCUT2D eigenvalue weighted by Gasteiger charge is 2.08. The summed E-state index contributed by atoms with van der Waals surface area (Å²) in [5.41, 5.74) is 0.858. The molecular formula is C14H18N4O2. The van der Waals surface area contributed by atoms with Gasteiger partial charge in [-0.3, -0.25) is 4.79 Å². The van der Waals surface area contributed by atoms with Gasteiger partial charge in [0.15, 0.2) is 0 Å². The first-order valence-electron chi connectivity index (χ1n) is 6.42. The van der Waals surface area contributed by atoms with Crippen molar-refractivity contribution in [3.8, 4) is 0 Å². The molecule has 2 N–H and O–H groups in total. The average Bonchev–Trinajstić information content (AvgIpc) is 2.37. The summed E-state index contributed by atoms with van der Waals surface area (Å²) in [5.74, 6) is 0.574. The van der Waals surface area contributed by atoms with Crippen LogP contribution in [-0.4, -0.2) is 46.6 Å². The molecule has 0 saturated carbocycles. The van der Waals surface area contributed by atoms with E-state index >= 15 is 0 Å². The van der Waals surface area contributed by atoms with Crippen LogP contribution < -0.4 is 5.32 Å². The zero-order valence-corrected chi connectivity index (χ0v) is 11.6. The van der Waals surface area contributed by atoms with E-state index in [-0.39, 0.29) is 6.42 Å². The molecule has 1 aromatic carbocycles. The maximum Gasteiger partial charge on any atom is 0.305 e. The number of anilines is 1. The monoisotopic (exact) mass is 274 g/mol. The van der Waals surface area contributed by atoms with Crippen LogP contribution in [0.5, 0.6) is 0 Å². The number of rotatable bonds is 6. The van der Waals surface area contributed by atoms with Crippen molar-refractivity contribution in [3.05, 3.63) is 30.1 Å². The molecular weight excluding hydrogens is 256 g/mol. The Hall–Kier alpha value is -2.21. The molecule has 0 aliphatic heterocycles. The Morgan fingerprint density at radius 2 is 2.05 bits per heavy atom. The molecule has 20 heavy (non-hydrogen) atoms. The standard InChI is InChI=1S/C14H18N4O2/c1-18(2)9-12-16-11-6-4-3-5-10(11)14(17-12)15-8-7-13(19)20/h3-6H,7-9H2,1-2H3,(H,19,20)(H,15,16,17). The van der Waals surface area contributed by atoms with Gasteiger partial charge in [-0.05, 0) is 26.2 Å². The van der Waals surface area contributed by atoms with E-state index in [9.17, 15) is 4.79 Å². The highest BCUT2D eigenvalue weighted by molar-refractivity contribution is 5.89. The van der Waals surface area contributed by atoms with E-state index in [0.29, 0.717) is 24.7 Å². The van der Waals surface area contributed by atoms with Crippen molar-refractivity contribution in [1.29, 1.82) is 0 Å². The van der Waals surface area contributed by atoms with Gasteiger partial charge in [0.1, 0.15) is 11.6 Å². The fourth-order valence-corrected chi connectivity index (χ4v) is 1.90. The van der Waals surface area contributed by atoms with E-state index < -0.39 is 5.97 Å². The Morgan fingerprint density at radius 1 is 1.30 bits per heavy atom. The third kappa shape index (κ3) is 3.64. The molecule has 0 saturated heterocycles. The number of hydrogen-bond donors (Lipinski definition) is 2. The molecule has 2 rings (SSSR count). The molecule has 0 spiro atoms. The van der Waals surface area contributed by atoms with Crippen LogP contribution in [0.3, 0.4) is 0 Å². The summed E-state index contributed by atoms with van der Waals surface area (Å²) in [4.78, 5) is 21.6. The summed E-state index contributed by atoms with van der Waals surface area (Å²) in [5, 5.41) is 12.7. The summed E-state index contributed by atoms with van der Waals surface area (Å²) in [6.07, 6.45) is 0.0569. The number of aromatic nitrogens is 2. The maximum absolute atomic E-state index is 10.6. The normalized spacial score (nSPS) is 10.9. The topological polar surface area (TPSA) is 78.4 Å². The molecule has 6 heteroatoms. The Morgan fingerprint density at radius 3 is 2.75 bits per heavy atom. The van der Waals surface area contributed by atoms with E-state index in [0.717, 1.165) is 10.9 Å². The second-order valence-corrected chi connectivity index (χ2v) is 4.81. The number of para-hydroxylation sites is 1. The SMILES string of the molecule is CN(C)Cc1nc(NCCC(=O)O)c2ccccc2n1. The van der Waals surface area contributed by atoms with Crippen molar-refractivity contribution < 1.29 is 9.90 Å². The molecule has 0 amide bonds. The van der Waals surface area contributed by atoms with Crippen LogP contribution in [0.1, 0.15) is 12.2 Å². The lowest BCUT2D eigenvalue weighted by atomic mass is 10.2. The van der Waals surface area contributed by atoms with Crippen LogP contribution in [0.25, 0.3) is 10.9 Å². The number of fused-ring (bicyclic) bond motifs is 1. The van der Waals surface area contributed by atoms with Crippen molar-refractivity contribution in [3.63, 3.8) is 0 Å². The quantitative estimate of drug-likeness (QED) is 0.832. The minimum absolute atomic E-state index is 0.0569. The summed E-state index contributed by atoms with van der Waals surface area (Å²) in [7, 11) is 3.91. The predicted molar refractivity (Wildman–Crippen MR) is 77.7 cm³/mol. The first-order chi connectivity index (χ1) is 9.56. The number of carboxylic acid groups (broad SMARTS) is 1. The van der Waals surface area contributed by atoms with Crippen LogP contribution in [-0.2, 0) is 11.3 Å². The van der Waals surface area contributed by atoms with Gasteiger partial charge >= 0.3 is 5.97 Å². The van der Waals surface area contributed by atoms with Crippen LogP contribution in [0.2, 0.25) is 0 Å². The zero-order chi connectivity index (χ0) is 14.5. The van der Waals surface area contributed by atoms with Crippen molar-refractivity contribution in [2.24, 2.45) is 0 Å². The first kappa shape index (κ1) is 14.2. The molecule has 0 bridgehead atoms. The lowest BCUT2D eigenvalue weighted by molar-refractivity contribution is -0.136. The molecule has 106 valence electrons. The van der Waals surface area contributed by atoms with Gasteiger partial charge in [-0.15, -0.1) is 0 Å². The fraction of sp³-hybridized carbons (Fsp3) is 0.357. The molecule has 0 aliphatic carbocycles. The van der Waals surface area contributed by atoms with Crippen molar-refractivity contribution in [2.75, 3.05) is 26.0 Å². The molecule has 0 unspecified atom stereocenters. The van der Waals surface area contributed by atoms with Crippen molar-refractivity contribution in [1.82, 2.24) is 14.9 Å². The third-order valence-electron chi connectivity index (χ3n) is 2.74. The van der Waals surface area contributed by atoms with E-state index in [1.165, 1.54) is 0 Å². The zero-order valence-electron chi connectivity index (χ0n) is 11.6. The van der Waals surface area contributed by atoms with Gasteiger partial charge in [0, 0.05) is 11.9 Å². The number of aliphatic carboxylic acids is 1. The first-order valence-corrected chi connectivity index (χ1v) is 6.42. The summed E-state index contributed by atoms with van der Waals surface area (Å²) in [6.45, 7) is 0.982. The van der Waals surface area contributed by atoms with E-state index in [4.69, 9.17) is 5.11 Å². The molecule has 1 heterocycles. The Kier molecular flexibility index (Phi) is 4.47. The minimum atomic E-state index is -0.829. The molecule has 0 atom stereocenters. The molecule has 0 aliphatic rings. The highest BCUT2D eigenvalue weighted by atomic mass is 16.4. The summed E-state index contributed by atoms with van der Waals surface area (Å²) < 4.78 is 0. The Balaban J connectivity index is 2.31. The Bertz CT molecular complexity index is 613.